The lowest BCUT2D eigenvalue weighted by Crippen LogP contribution is -2.32. The summed E-state index contributed by atoms with van der Waals surface area (Å²) in [6.45, 7) is 2.95. The van der Waals surface area contributed by atoms with Gasteiger partial charge in [0.25, 0.3) is 0 Å². The lowest BCUT2D eigenvalue weighted by molar-refractivity contribution is 0.0433. The summed E-state index contributed by atoms with van der Waals surface area (Å²) in [4.78, 5) is 0. The van der Waals surface area contributed by atoms with Crippen molar-refractivity contribution in [2.75, 3.05) is 6.61 Å². The second-order valence-electron chi connectivity index (χ2n) is 5.98. The van der Waals surface area contributed by atoms with Crippen molar-refractivity contribution in [2.24, 2.45) is 11.8 Å². The Balaban J connectivity index is 1.75. The maximum Gasteiger partial charge on any atom is 0.123 e. The molecule has 98 valence electrons. The van der Waals surface area contributed by atoms with Crippen LogP contribution in [0.3, 0.4) is 0 Å². The van der Waals surface area contributed by atoms with E-state index < -0.39 is 0 Å². The Morgan fingerprint density at radius 3 is 2.94 bits per heavy atom. The fourth-order valence-electron chi connectivity index (χ4n) is 3.59. The maximum absolute atomic E-state index is 10.7. The van der Waals surface area contributed by atoms with Crippen molar-refractivity contribution in [3.8, 4) is 5.75 Å². The van der Waals surface area contributed by atoms with Gasteiger partial charge in [-0.1, -0.05) is 38.0 Å². The summed E-state index contributed by atoms with van der Waals surface area (Å²) < 4.78 is 5.69. The maximum atomic E-state index is 10.7. The number of hydrogen-bond acceptors (Lipinski definition) is 2. The van der Waals surface area contributed by atoms with Crippen LogP contribution >= 0.6 is 0 Å². The predicted molar refractivity (Wildman–Crippen MR) is 71.8 cm³/mol. The molecule has 1 N–H and O–H groups in total. The highest BCUT2D eigenvalue weighted by atomic mass is 16.5. The second kappa shape index (κ2) is 4.93. The van der Waals surface area contributed by atoms with Crippen molar-refractivity contribution in [3.63, 3.8) is 0 Å². The Bertz CT molecular complexity index is 415. The number of ether oxygens (including phenoxy) is 1. The van der Waals surface area contributed by atoms with Gasteiger partial charge in [-0.25, -0.2) is 0 Å². The normalized spacial score (nSPS) is 32.7. The van der Waals surface area contributed by atoms with Crippen molar-refractivity contribution in [2.45, 2.75) is 44.6 Å². The molecule has 2 heteroatoms. The number of aliphatic hydroxyl groups excluding tert-OH is 1. The highest BCUT2D eigenvalue weighted by Crippen LogP contribution is 2.41. The highest BCUT2D eigenvalue weighted by molar-refractivity contribution is 5.40. The van der Waals surface area contributed by atoms with Crippen LogP contribution in [0.25, 0.3) is 0 Å². The van der Waals surface area contributed by atoms with Crippen molar-refractivity contribution >= 4 is 0 Å². The zero-order chi connectivity index (χ0) is 12.5. The quantitative estimate of drug-likeness (QED) is 0.867. The van der Waals surface area contributed by atoms with Gasteiger partial charge in [-0.05, 0) is 30.7 Å². The van der Waals surface area contributed by atoms with Crippen molar-refractivity contribution in [1.82, 2.24) is 0 Å². The lowest BCUT2D eigenvalue weighted by atomic mass is 9.75. The Morgan fingerprint density at radius 1 is 1.28 bits per heavy atom. The van der Waals surface area contributed by atoms with E-state index in [1.807, 2.05) is 18.2 Å². The van der Waals surface area contributed by atoms with Gasteiger partial charge in [-0.15, -0.1) is 0 Å². The fourth-order valence-corrected chi connectivity index (χ4v) is 3.59. The number of hydrogen-bond donors (Lipinski definition) is 1. The number of fused-ring (bicyclic) bond motifs is 1. The minimum absolute atomic E-state index is 0.177. The van der Waals surface area contributed by atoms with Crippen LogP contribution in [0, 0.1) is 11.8 Å². The van der Waals surface area contributed by atoms with E-state index >= 15 is 0 Å². The SMILES string of the molecule is CC1CCCC(C(O)C2COc3ccccc32)C1. The molecule has 18 heavy (non-hydrogen) atoms. The minimum Gasteiger partial charge on any atom is -0.493 e. The Kier molecular flexibility index (Phi) is 3.29. The van der Waals surface area contributed by atoms with E-state index in [0.717, 1.165) is 11.7 Å². The van der Waals surface area contributed by atoms with E-state index in [0.29, 0.717) is 12.5 Å². The van der Waals surface area contributed by atoms with Gasteiger partial charge < -0.3 is 9.84 Å². The largest absolute Gasteiger partial charge is 0.493 e. The summed E-state index contributed by atoms with van der Waals surface area (Å²) in [5.74, 6) is 2.35. The van der Waals surface area contributed by atoms with Crippen LogP contribution in [0.2, 0.25) is 0 Å². The first kappa shape index (κ1) is 12.0. The van der Waals surface area contributed by atoms with Crippen LogP contribution in [-0.4, -0.2) is 17.8 Å². The second-order valence-corrected chi connectivity index (χ2v) is 5.98. The van der Waals surface area contributed by atoms with Gasteiger partial charge in [0, 0.05) is 11.5 Å². The molecular formula is C16H22O2. The van der Waals surface area contributed by atoms with Gasteiger partial charge in [-0.3, -0.25) is 0 Å². The van der Waals surface area contributed by atoms with Crippen LogP contribution in [0.4, 0.5) is 0 Å². The summed E-state index contributed by atoms with van der Waals surface area (Å²) >= 11 is 0. The molecule has 0 spiro atoms. The minimum atomic E-state index is -0.239. The molecule has 4 unspecified atom stereocenters. The Morgan fingerprint density at radius 2 is 2.11 bits per heavy atom. The number of para-hydroxylation sites is 1. The molecule has 1 fully saturated rings. The molecule has 1 aliphatic carbocycles. The van der Waals surface area contributed by atoms with Gasteiger partial charge in [0.15, 0.2) is 0 Å². The third-order valence-electron chi connectivity index (χ3n) is 4.61. The molecule has 0 saturated heterocycles. The molecular weight excluding hydrogens is 224 g/mol. The summed E-state index contributed by atoms with van der Waals surface area (Å²) in [6.07, 6.45) is 4.68. The molecule has 0 amide bonds. The Labute approximate surface area is 109 Å². The van der Waals surface area contributed by atoms with Crippen LogP contribution in [-0.2, 0) is 0 Å². The zero-order valence-electron chi connectivity index (χ0n) is 11.0. The standard InChI is InChI=1S/C16H22O2/c1-11-5-4-6-12(9-11)16(17)14-10-18-15-8-3-2-7-13(14)15/h2-3,7-8,11-12,14,16-17H,4-6,9-10H2,1H3. The number of rotatable bonds is 2. The average molecular weight is 246 g/mol. The van der Waals surface area contributed by atoms with Crippen LogP contribution < -0.4 is 4.74 Å². The van der Waals surface area contributed by atoms with Crippen molar-refractivity contribution in [1.29, 1.82) is 0 Å². The first-order chi connectivity index (χ1) is 8.75. The molecule has 0 aromatic heterocycles. The lowest BCUT2D eigenvalue weighted by Gasteiger charge is -2.32. The van der Waals surface area contributed by atoms with Gasteiger partial charge in [0.05, 0.1) is 12.7 Å². The molecule has 2 nitrogen and oxygen atoms in total. The third-order valence-corrected chi connectivity index (χ3v) is 4.61. The van der Waals surface area contributed by atoms with E-state index in [4.69, 9.17) is 4.74 Å². The molecule has 1 aromatic rings. The number of aliphatic hydroxyl groups is 1. The van der Waals surface area contributed by atoms with Gasteiger partial charge in [0.1, 0.15) is 5.75 Å². The van der Waals surface area contributed by atoms with E-state index in [2.05, 4.69) is 13.0 Å². The summed E-state index contributed by atoms with van der Waals surface area (Å²) in [6, 6.07) is 8.14. The third kappa shape index (κ3) is 2.14. The van der Waals surface area contributed by atoms with Crippen LogP contribution in [0.15, 0.2) is 24.3 Å². The van der Waals surface area contributed by atoms with Crippen LogP contribution in [0.1, 0.15) is 44.1 Å². The first-order valence-electron chi connectivity index (χ1n) is 7.15. The zero-order valence-corrected chi connectivity index (χ0v) is 11.0. The van der Waals surface area contributed by atoms with E-state index in [9.17, 15) is 5.11 Å². The molecule has 0 radical (unpaired) electrons. The molecule has 1 heterocycles. The summed E-state index contributed by atoms with van der Waals surface area (Å²) in [7, 11) is 0. The molecule has 3 rings (SSSR count). The molecule has 4 atom stereocenters. The molecule has 1 aliphatic heterocycles. The topological polar surface area (TPSA) is 29.5 Å². The number of benzene rings is 1. The molecule has 0 bridgehead atoms. The molecule has 1 aromatic carbocycles. The first-order valence-corrected chi connectivity index (χ1v) is 7.15. The van der Waals surface area contributed by atoms with Gasteiger partial charge >= 0.3 is 0 Å². The fraction of sp³-hybridized carbons (Fsp3) is 0.625. The van der Waals surface area contributed by atoms with E-state index in [-0.39, 0.29) is 12.0 Å². The van der Waals surface area contributed by atoms with E-state index in [1.54, 1.807) is 0 Å². The van der Waals surface area contributed by atoms with E-state index in [1.165, 1.54) is 31.2 Å². The van der Waals surface area contributed by atoms with Crippen molar-refractivity contribution < 1.29 is 9.84 Å². The summed E-state index contributed by atoms with van der Waals surface area (Å²) in [5, 5.41) is 10.7. The summed E-state index contributed by atoms with van der Waals surface area (Å²) in [5.41, 5.74) is 1.20. The average Bonchev–Trinajstić information content (AvgIpc) is 2.82. The predicted octanol–water partition coefficient (Wildman–Crippen LogP) is 3.35. The van der Waals surface area contributed by atoms with Crippen molar-refractivity contribution in [3.05, 3.63) is 29.8 Å². The van der Waals surface area contributed by atoms with Crippen LogP contribution in [0.5, 0.6) is 5.75 Å². The molecule has 2 aliphatic rings. The molecule has 1 saturated carbocycles. The van der Waals surface area contributed by atoms with Gasteiger partial charge in [0.2, 0.25) is 0 Å². The smallest absolute Gasteiger partial charge is 0.123 e. The Hall–Kier alpha value is -1.02. The monoisotopic (exact) mass is 246 g/mol. The van der Waals surface area contributed by atoms with Gasteiger partial charge in [-0.2, -0.15) is 0 Å². The highest BCUT2D eigenvalue weighted by Gasteiger charge is 2.36.